The minimum atomic E-state index is -0.711. The van der Waals surface area contributed by atoms with Crippen molar-refractivity contribution in [3.05, 3.63) is 66.4 Å². The highest BCUT2D eigenvalue weighted by atomic mass is 16.6. The van der Waals surface area contributed by atoms with E-state index in [1.54, 1.807) is 59.6 Å². The number of fused-ring (bicyclic) bond motifs is 1. The molecule has 12 nitrogen and oxygen atoms in total. The summed E-state index contributed by atoms with van der Waals surface area (Å²) in [6.45, 7) is 6.62. The minimum absolute atomic E-state index is 0.291. The van der Waals surface area contributed by atoms with Gasteiger partial charge in [-0.2, -0.15) is 0 Å². The molecule has 4 aromatic rings. The summed E-state index contributed by atoms with van der Waals surface area (Å²) >= 11 is 0. The van der Waals surface area contributed by atoms with E-state index in [1.165, 1.54) is 10.8 Å². The smallest absolute Gasteiger partial charge is 0.419 e. The lowest BCUT2D eigenvalue weighted by Gasteiger charge is -2.24. The summed E-state index contributed by atoms with van der Waals surface area (Å²) < 4.78 is 23.6. The molecular formula is C30H34N6O6. The molecule has 1 fully saturated rings. The van der Waals surface area contributed by atoms with Crippen LogP contribution in [0.2, 0.25) is 0 Å². The van der Waals surface area contributed by atoms with Crippen LogP contribution in [0.25, 0.3) is 22.2 Å². The van der Waals surface area contributed by atoms with E-state index < -0.39 is 23.3 Å². The highest BCUT2D eigenvalue weighted by Gasteiger charge is 2.39. The van der Waals surface area contributed by atoms with Crippen molar-refractivity contribution >= 4 is 28.8 Å². The van der Waals surface area contributed by atoms with Gasteiger partial charge in [0.25, 0.3) is 0 Å². The van der Waals surface area contributed by atoms with E-state index in [9.17, 15) is 9.59 Å². The van der Waals surface area contributed by atoms with Gasteiger partial charge in [0, 0.05) is 43.8 Å². The standard InChI is InChI=1S/C30H34N6O6/c1-29(2,3)42-28(38)36-17-22(23-14-31-16-25(34-23)30(40-5)10-11-41-18-30)21-12-26(32-15-24(21)36)35-27(37)33-13-19-6-8-20(39-4)9-7-19/h6-9,12,14-17H,10-11,13,18H2,1-5H3,(H2,32,33,35,37)/t30-/m0/s1. The second kappa shape index (κ2) is 11.7. The highest BCUT2D eigenvalue weighted by Crippen LogP contribution is 2.35. The third-order valence-corrected chi connectivity index (χ3v) is 6.89. The third-order valence-electron chi connectivity index (χ3n) is 6.89. The number of ether oxygens (including phenoxy) is 4. The number of methoxy groups -OCH3 is 2. The third kappa shape index (κ3) is 6.19. The minimum Gasteiger partial charge on any atom is -0.497 e. The van der Waals surface area contributed by atoms with Gasteiger partial charge in [-0.1, -0.05) is 12.1 Å². The van der Waals surface area contributed by atoms with E-state index in [-0.39, 0.29) is 0 Å². The number of carbonyl (C=O) groups excluding carboxylic acids is 2. The summed E-state index contributed by atoms with van der Waals surface area (Å²) in [6, 6.07) is 8.65. The van der Waals surface area contributed by atoms with E-state index in [0.717, 1.165) is 11.3 Å². The average molecular weight is 575 g/mol. The molecule has 0 unspecified atom stereocenters. The first kappa shape index (κ1) is 29.0. The maximum absolute atomic E-state index is 13.2. The van der Waals surface area contributed by atoms with Crippen molar-refractivity contribution in [2.45, 2.75) is 44.9 Å². The second-order valence-corrected chi connectivity index (χ2v) is 10.9. The van der Waals surface area contributed by atoms with Crippen LogP contribution in [0.5, 0.6) is 5.75 Å². The van der Waals surface area contributed by atoms with Crippen LogP contribution in [-0.2, 0) is 26.4 Å². The number of hydrogen-bond donors (Lipinski definition) is 2. The van der Waals surface area contributed by atoms with Gasteiger partial charge in [0.2, 0.25) is 0 Å². The topological polar surface area (TPSA) is 139 Å². The van der Waals surface area contributed by atoms with Crippen molar-refractivity contribution in [1.82, 2.24) is 24.8 Å². The molecule has 12 heteroatoms. The van der Waals surface area contributed by atoms with Gasteiger partial charge in [0.1, 0.15) is 22.8 Å². The molecule has 2 N–H and O–H groups in total. The van der Waals surface area contributed by atoms with Crippen LogP contribution in [0.4, 0.5) is 15.4 Å². The first-order valence-electron chi connectivity index (χ1n) is 13.5. The Hall–Kier alpha value is -4.55. The van der Waals surface area contributed by atoms with E-state index in [4.69, 9.17) is 23.9 Å². The Morgan fingerprint density at radius 3 is 2.57 bits per heavy atom. The van der Waals surface area contributed by atoms with Crippen molar-refractivity contribution in [3.63, 3.8) is 0 Å². The van der Waals surface area contributed by atoms with Gasteiger partial charge in [0.05, 0.1) is 49.2 Å². The maximum Gasteiger partial charge on any atom is 0.419 e. The van der Waals surface area contributed by atoms with Crippen LogP contribution < -0.4 is 15.4 Å². The van der Waals surface area contributed by atoms with Crippen LogP contribution >= 0.6 is 0 Å². The Labute approximate surface area is 243 Å². The summed E-state index contributed by atoms with van der Waals surface area (Å²) in [6.07, 6.45) is 6.51. The predicted octanol–water partition coefficient (Wildman–Crippen LogP) is 4.87. The number of nitrogens with one attached hydrogen (secondary N) is 2. The SMILES string of the molecule is COc1ccc(CNC(=O)Nc2cc3c(-c4cncc([C@]5(OC)CCOC5)n4)cn(C(=O)OC(C)(C)C)c3cn2)cc1. The monoisotopic (exact) mass is 574 g/mol. The molecule has 1 aliphatic rings. The number of benzene rings is 1. The zero-order valence-corrected chi connectivity index (χ0v) is 24.3. The number of aromatic nitrogens is 4. The molecule has 4 heterocycles. The largest absolute Gasteiger partial charge is 0.497 e. The fraction of sp³-hybridized carbons (Fsp3) is 0.367. The maximum atomic E-state index is 13.2. The van der Waals surface area contributed by atoms with Crippen molar-refractivity contribution < 1.29 is 28.5 Å². The normalized spacial score (nSPS) is 16.8. The molecule has 0 radical (unpaired) electrons. The van der Waals surface area contributed by atoms with Crippen LogP contribution in [0.15, 0.2) is 55.1 Å². The molecule has 0 saturated carbocycles. The number of anilines is 1. The van der Waals surface area contributed by atoms with Gasteiger partial charge < -0.3 is 24.3 Å². The lowest BCUT2D eigenvalue weighted by Crippen LogP contribution is -2.30. The van der Waals surface area contributed by atoms with E-state index in [2.05, 4.69) is 20.6 Å². The van der Waals surface area contributed by atoms with Crippen molar-refractivity contribution in [1.29, 1.82) is 0 Å². The molecule has 1 atom stereocenters. The van der Waals surface area contributed by atoms with Crippen molar-refractivity contribution in [2.75, 3.05) is 32.8 Å². The van der Waals surface area contributed by atoms with Gasteiger partial charge in [0.15, 0.2) is 0 Å². The fourth-order valence-corrected chi connectivity index (χ4v) is 4.67. The summed E-state index contributed by atoms with van der Waals surface area (Å²) in [5, 5.41) is 6.22. The zero-order valence-electron chi connectivity index (χ0n) is 24.3. The Balaban J connectivity index is 1.47. The molecule has 220 valence electrons. The van der Waals surface area contributed by atoms with Crippen LogP contribution in [0.1, 0.15) is 38.4 Å². The van der Waals surface area contributed by atoms with Gasteiger partial charge in [-0.3, -0.25) is 14.9 Å². The summed E-state index contributed by atoms with van der Waals surface area (Å²) in [5.74, 6) is 1.03. The molecule has 1 aliphatic heterocycles. The molecule has 1 aromatic carbocycles. The zero-order chi connectivity index (χ0) is 29.9. The van der Waals surface area contributed by atoms with Crippen molar-refractivity contribution in [3.8, 4) is 17.0 Å². The Morgan fingerprint density at radius 2 is 1.90 bits per heavy atom. The number of nitrogens with zero attached hydrogens (tertiary/aromatic N) is 4. The Kier molecular flexibility index (Phi) is 8.10. The van der Waals surface area contributed by atoms with E-state index in [0.29, 0.717) is 59.9 Å². The molecular weight excluding hydrogens is 540 g/mol. The van der Waals surface area contributed by atoms with Gasteiger partial charge >= 0.3 is 12.1 Å². The number of amides is 2. The molecule has 42 heavy (non-hydrogen) atoms. The second-order valence-electron chi connectivity index (χ2n) is 10.9. The summed E-state index contributed by atoms with van der Waals surface area (Å²) in [7, 11) is 3.22. The molecule has 2 amide bonds. The highest BCUT2D eigenvalue weighted by molar-refractivity contribution is 6.01. The average Bonchev–Trinajstić information content (AvgIpc) is 3.61. The summed E-state index contributed by atoms with van der Waals surface area (Å²) in [4.78, 5) is 39.6. The predicted molar refractivity (Wildman–Crippen MR) is 155 cm³/mol. The number of hydrogen-bond acceptors (Lipinski definition) is 9. The van der Waals surface area contributed by atoms with E-state index in [1.807, 2.05) is 24.3 Å². The quantitative estimate of drug-likeness (QED) is 0.316. The van der Waals surface area contributed by atoms with E-state index >= 15 is 0 Å². The Morgan fingerprint density at radius 1 is 1.12 bits per heavy atom. The lowest BCUT2D eigenvalue weighted by molar-refractivity contribution is -0.0248. The van der Waals surface area contributed by atoms with Gasteiger partial charge in [-0.05, 0) is 44.5 Å². The first-order chi connectivity index (χ1) is 20.1. The number of pyridine rings is 1. The van der Waals surface area contributed by atoms with Gasteiger partial charge in [-0.15, -0.1) is 0 Å². The molecule has 0 bridgehead atoms. The van der Waals surface area contributed by atoms with Crippen LogP contribution in [0, 0.1) is 0 Å². The fourth-order valence-electron chi connectivity index (χ4n) is 4.67. The molecule has 5 rings (SSSR count). The molecule has 3 aromatic heterocycles. The van der Waals surface area contributed by atoms with Crippen molar-refractivity contribution in [2.24, 2.45) is 0 Å². The molecule has 0 spiro atoms. The lowest BCUT2D eigenvalue weighted by atomic mass is 9.98. The Bertz CT molecular complexity index is 1590. The van der Waals surface area contributed by atoms with Gasteiger partial charge in [-0.25, -0.2) is 19.6 Å². The summed E-state index contributed by atoms with van der Waals surface area (Å²) in [5.41, 5.74) is 1.74. The number of urea groups is 1. The number of carbonyl (C=O) groups is 2. The first-order valence-corrected chi connectivity index (χ1v) is 13.5. The number of rotatable bonds is 7. The van der Waals surface area contributed by atoms with Crippen LogP contribution in [-0.4, -0.2) is 64.7 Å². The molecule has 1 saturated heterocycles. The molecule has 0 aliphatic carbocycles. The van der Waals surface area contributed by atoms with Crippen LogP contribution in [0.3, 0.4) is 0 Å².